The quantitative estimate of drug-likeness (QED) is 0.801. The molecule has 1 aromatic heterocycles. The van der Waals surface area contributed by atoms with Crippen LogP contribution in [0.1, 0.15) is 36.3 Å². The molecule has 1 atom stereocenters. The maximum absolute atomic E-state index is 12.0. The topological polar surface area (TPSA) is 67.2 Å². The Hall–Kier alpha value is -1.36. The minimum Gasteiger partial charge on any atom is -0.396 e. The summed E-state index contributed by atoms with van der Waals surface area (Å²) in [5.74, 6) is 0.172. The number of aromatic nitrogens is 2. The maximum atomic E-state index is 12.0. The third-order valence-corrected chi connectivity index (χ3v) is 2.82. The second-order valence-electron chi connectivity index (χ2n) is 4.64. The van der Waals surface area contributed by atoms with Crippen LogP contribution < -0.4 is 5.32 Å². The van der Waals surface area contributed by atoms with Gasteiger partial charge in [-0.1, -0.05) is 13.8 Å². The van der Waals surface area contributed by atoms with Gasteiger partial charge in [0.2, 0.25) is 0 Å². The lowest BCUT2D eigenvalue weighted by Gasteiger charge is -2.21. The molecule has 0 bridgehead atoms. The molecule has 0 aliphatic carbocycles. The Kier molecular flexibility index (Phi) is 4.69. The van der Waals surface area contributed by atoms with E-state index in [1.807, 2.05) is 20.8 Å². The molecule has 5 nitrogen and oxygen atoms in total. The van der Waals surface area contributed by atoms with Crippen molar-refractivity contribution in [2.75, 3.05) is 6.61 Å². The van der Waals surface area contributed by atoms with Crippen molar-refractivity contribution in [3.63, 3.8) is 0 Å². The number of nitrogens with zero attached hydrogens (tertiary/aromatic N) is 2. The number of rotatable bonds is 5. The van der Waals surface area contributed by atoms with E-state index in [2.05, 4.69) is 10.4 Å². The van der Waals surface area contributed by atoms with Gasteiger partial charge in [-0.15, -0.1) is 0 Å². The number of aryl methyl sites for hydroxylation is 2. The van der Waals surface area contributed by atoms with Crippen molar-refractivity contribution in [3.8, 4) is 0 Å². The number of hydrogen-bond acceptors (Lipinski definition) is 3. The number of hydrogen-bond donors (Lipinski definition) is 2. The van der Waals surface area contributed by atoms with Gasteiger partial charge in [0.05, 0.1) is 11.3 Å². The second kappa shape index (κ2) is 5.82. The first kappa shape index (κ1) is 13.7. The van der Waals surface area contributed by atoms with Crippen molar-refractivity contribution in [2.24, 2.45) is 13.0 Å². The van der Waals surface area contributed by atoms with Crippen LogP contribution in [-0.4, -0.2) is 33.4 Å². The fourth-order valence-corrected chi connectivity index (χ4v) is 1.78. The summed E-state index contributed by atoms with van der Waals surface area (Å²) in [6.45, 7) is 5.94. The van der Waals surface area contributed by atoms with Gasteiger partial charge in [0.15, 0.2) is 0 Å². The lowest BCUT2D eigenvalue weighted by molar-refractivity contribution is 0.0916. The number of aliphatic hydroxyl groups is 1. The van der Waals surface area contributed by atoms with Crippen molar-refractivity contribution >= 4 is 5.91 Å². The van der Waals surface area contributed by atoms with Gasteiger partial charge in [-0.2, -0.15) is 5.10 Å². The Morgan fingerprint density at radius 1 is 1.59 bits per heavy atom. The van der Waals surface area contributed by atoms with E-state index in [1.54, 1.807) is 17.9 Å². The molecular weight excluding hydrogens is 218 g/mol. The Morgan fingerprint density at radius 2 is 2.24 bits per heavy atom. The summed E-state index contributed by atoms with van der Waals surface area (Å²) in [7, 11) is 1.79. The minimum absolute atomic E-state index is 0.00731. The van der Waals surface area contributed by atoms with Gasteiger partial charge in [-0.3, -0.25) is 9.48 Å². The summed E-state index contributed by atoms with van der Waals surface area (Å²) in [5.41, 5.74) is 1.31. The SMILES string of the molecule is Cc1nn(C)cc1C(=O)NC(CCO)C(C)C. The van der Waals surface area contributed by atoms with Crippen molar-refractivity contribution < 1.29 is 9.90 Å². The summed E-state index contributed by atoms with van der Waals surface area (Å²) >= 11 is 0. The van der Waals surface area contributed by atoms with Crippen LogP contribution in [0.5, 0.6) is 0 Å². The van der Waals surface area contributed by atoms with Gasteiger partial charge < -0.3 is 10.4 Å². The third-order valence-electron chi connectivity index (χ3n) is 2.82. The molecule has 5 heteroatoms. The number of amides is 1. The summed E-state index contributed by atoms with van der Waals surface area (Å²) in [6.07, 6.45) is 2.28. The summed E-state index contributed by atoms with van der Waals surface area (Å²) in [5, 5.41) is 16.0. The first-order valence-corrected chi connectivity index (χ1v) is 5.87. The van der Waals surface area contributed by atoms with Crippen molar-refractivity contribution in [1.29, 1.82) is 0 Å². The molecule has 2 N–H and O–H groups in total. The van der Waals surface area contributed by atoms with Crippen LogP contribution in [0.2, 0.25) is 0 Å². The lowest BCUT2D eigenvalue weighted by Crippen LogP contribution is -2.39. The molecule has 1 unspecified atom stereocenters. The normalized spacial score (nSPS) is 12.8. The van der Waals surface area contributed by atoms with E-state index in [9.17, 15) is 4.79 Å². The number of carbonyl (C=O) groups is 1. The molecule has 1 rings (SSSR count). The van der Waals surface area contributed by atoms with E-state index in [0.717, 1.165) is 5.69 Å². The molecule has 1 aromatic rings. The van der Waals surface area contributed by atoms with Gasteiger partial charge in [-0.05, 0) is 19.3 Å². The molecule has 17 heavy (non-hydrogen) atoms. The molecule has 0 radical (unpaired) electrons. The molecular formula is C12H21N3O2. The van der Waals surface area contributed by atoms with Crippen LogP contribution in [0.4, 0.5) is 0 Å². The molecule has 1 amide bonds. The van der Waals surface area contributed by atoms with Crippen molar-refractivity contribution in [1.82, 2.24) is 15.1 Å². The van der Waals surface area contributed by atoms with Gasteiger partial charge in [-0.25, -0.2) is 0 Å². The van der Waals surface area contributed by atoms with E-state index < -0.39 is 0 Å². The average Bonchev–Trinajstić information content (AvgIpc) is 2.57. The Morgan fingerprint density at radius 3 is 2.65 bits per heavy atom. The largest absolute Gasteiger partial charge is 0.396 e. The molecule has 96 valence electrons. The molecule has 0 saturated heterocycles. The van der Waals surface area contributed by atoms with Crippen LogP contribution in [0, 0.1) is 12.8 Å². The predicted octanol–water partition coefficient (Wildman–Crippen LogP) is 0.865. The number of carbonyl (C=O) groups excluding carboxylic acids is 1. The zero-order valence-corrected chi connectivity index (χ0v) is 10.9. The van der Waals surface area contributed by atoms with E-state index in [4.69, 9.17) is 5.11 Å². The number of nitrogens with one attached hydrogen (secondary N) is 1. The molecule has 0 spiro atoms. The fraction of sp³-hybridized carbons (Fsp3) is 0.667. The van der Waals surface area contributed by atoms with E-state index in [1.165, 1.54) is 0 Å². The van der Waals surface area contributed by atoms with Crippen LogP contribution in [0.25, 0.3) is 0 Å². The second-order valence-corrected chi connectivity index (χ2v) is 4.64. The summed E-state index contributed by atoms with van der Waals surface area (Å²) < 4.78 is 1.63. The predicted molar refractivity (Wildman–Crippen MR) is 65.7 cm³/mol. The van der Waals surface area contributed by atoms with E-state index in [-0.39, 0.29) is 18.6 Å². The molecule has 0 aliphatic rings. The Balaban J connectivity index is 2.73. The van der Waals surface area contributed by atoms with E-state index in [0.29, 0.717) is 17.9 Å². The third kappa shape index (κ3) is 3.56. The van der Waals surface area contributed by atoms with Crippen molar-refractivity contribution in [3.05, 3.63) is 17.5 Å². The Bertz CT molecular complexity index is 385. The highest BCUT2D eigenvalue weighted by atomic mass is 16.3. The standard InChI is InChI=1S/C12H21N3O2/c1-8(2)11(5-6-16)13-12(17)10-7-15(4)14-9(10)3/h7-8,11,16H,5-6H2,1-4H3,(H,13,17). The highest BCUT2D eigenvalue weighted by molar-refractivity contribution is 5.95. The number of aliphatic hydroxyl groups excluding tert-OH is 1. The zero-order valence-electron chi connectivity index (χ0n) is 10.9. The van der Waals surface area contributed by atoms with Crippen molar-refractivity contribution in [2.45, 2.75) is 33.2 Å². The Labute approximate surface area is 102 Å². The summed E-state index contributed by atoms with van der Waals surface area (Å²) in [4.78, 5) is 12.0. The molecule has 0 fully saturated rings. The molecule has 0 aromatic carbocycles. The molecule has 0 saturated carbocycles. The van der Waals surface area contributed by atoms with Gasteiger partial charge in [0, 0.05) is 25.9 Å². The maximum Gasteiger partial charge on any atom is 0.254 e. The van der Waals surface area contributed by atoms with Gasteiger partial charge >= 0.3 is 0 Å². The van der Waals surface area contributed by atoms with Gasteiger partial charge in [0.25, 0.3) is 5.91 Å². The zero-order chi connectivity index (χ0) is 13.0. The first-order valence-electron chi connectivity index (χ1n) is 5.87. The highest BCUT2D eigenvalue weighted by Gasteiger charge is 2.19. The molecule has 0 aliphatic heterocycles. The monoisotopic (exact) mass is 239 g/mol. The van der Waals surface area contributed by atoms with Crippen LogP contribution >= 0.6 is 0 Å². The summed E-state index contributed by atoms with van der Waals surface area (Å²) in [6, 6.07) is -0.00731. The fourth-order valence-electron chi connectivity index (χ4n) is 1.78. The smallest absolute Gasteiger partial charge is 0.254 e. The van der Waals surface area contributed by atoms with E-state index >= 15 is 0 Å². The van der Waals surface area contributed by atoms with Gasteiger partial charge in [0.1, 0.15) is 0 Å². The van der Waals surface area contributed by atoms with Crippen LogP contribution in [0.15, 0.2) is 6.20 Å². The van der Waals surface area contributed by atoms with Crippen LogP contribution in [-0.2, 0) is 7.05 Å². The highest BCUT2D eigenvalue weighted by Crippen LogP contribution is 2.09. The minimum atomic E-state index is -0.122. The first-order chi connectivity index (χ1) is 7.95. The molecule has 1 heterocycles. The lowest BCUT2D eigenvalue weighted by atomic mass is 10.0. The van der Waals surface area contributed by atoms with Crippen LogP contribution in [0.3, 0.4) is 0 Å². The average molecular weight is 239 g/mol.